The Kier molecular flexibility index (Phi) is 4.72. The number of ether oxygens (including phenoxy) is 1. The normalized spacial score (nSPS) is 22.4. The molecule has 1 aromatic rings. The first-order chi connectivity index (χ1) is 12.2. The van der Waals surface area contributed by atoms with Gasteiger partial charge >= 0.3 is 12.2 Å². The molecule has 9 heteroatoms. The largest absolute Gasteiger partial charge is 0.486 e. The quantitative estimate of drug-likeness (QED) is 0.868. The van der Waals surface area contributed by atoms with Gasteiger partial charge in [-0.25, -0.2) is 4.79 Å². The Labute approximate surface area is 148 Å². The van der Waals surface area contributed by atoms with Gasteiger partial charge in [0, 0.05) is 20.1 Å². The van der Waals surface area contributed by atoms with Crippen LogP contribution in [0.4, 0.5) is 18.0 Å². The minimum absolute atomic E-state index is 0.109. The number of nitrogens with zero attached hydrogens (tertiary/aromatic N) is 2. The minimum atomic E-state index is -4.54. The maximum Gasteiger partial charge on any atom is 0.416 e. The standard InChI is InChI=1S/C17H20F3N3O3/c1-3-6-21-16(25)23-8-12-14(9-23)26-13-5-4-10(17(18,19)20)7-11(13)15(24)22(12)2/h4-5,7,12,14H,3,6,8-9H2,1-2H3,(H,21,25). The maximum atomic E-state index is 12.9. The average Bonchev–Trinajstić information content (AvgIpc) is 2.98. The molecule has 0 spiro atoms. The van der Waals surface area contributed by atoms with Crippen LogP contribution < -0.4 is 10.1 Å². The molecular formula is C17H20F3N3O3. The summed E-state index contributed by atoms with van der Waals surface area (Å²) in [5, 5.41) is 2.77. The molecule has 1 fully saturated rings. The lowest BCUT2D eigenvalue weighted by Gasteiger charge is -2.25. The molecule has 2 heterocycles. The number of halogens is 3. The zero-order valence-electron chi connectivity index (χ0n) is 14.5. The number of hydrogen-bond donors (Lipinski definition) is 1. The van der Waals surface area contributed by atoms with Gasteiger partial charge in [0.15, 0.2) is 0 Å². The van der Waals surface area contributed by atoms with Crippen molar-refractivity contribution in [3.8, 4) is 5.75 Å². The smallest absolute Gasteiger partial charge is 0.416 e. The van der Waals surface area contributed by atoms with Crippen LogP contribution in [0.5, 0.6) is 5.75 Å². The Balaban J connectivity index is 1.85. The van der Waals surface area contributed by atoms with Gasteiger partial charge < -0.3 is 19.9 Å². The second-order valence-electron chi connectivity index (χ2n) is 6.49. The molecule has 2 atom stereocenters. The second kappa shape index (κ2) is 6.69. The highest BCUT2D eigenvalue weighted by Crippen LogP contribution is 2.36. The van der Waals surface area contributed by atoms with Gasteiger partial charge in [-0.1, -0.05) is 6.92 Å². The number of carbonyl (C=O) groups is 2. The van der Waals surface area contributed by atoms with Crippen molar-refractivity contribution < 1.29 is 27.5 Å². The maximum absolute atomic E-state index is 12.9. The Morgan fingerprint density at radius 1 is 1.35 bits per heavy atom. The van der Waals surface area contributed by atoms with Crippen LogP contribution in [-0.2, 0) is 6.18 Å². The van der Waals surface area contributed by atoms with E-state index in [1.807, 2.05) is 6.92 Å². The third-order valence-electron chi connectivity index (χ3n) is 4.68. The number of hydrogen-bond acceptors (Lipinski definition) is 3. The molecule has 142 valence electrons. The first kappa shape index (κ1) is 18.3. The van der Waals surface area contributed by atoms with Crippen molar-refractivity contribution in [3.05, 3.63) is 29.3 Å². The van der Waals surface area contributed by atoms with Crippen molar-refractivity contribution in [2.45, 2.75) is 31.7 Å². The SMILES string of the molecule is CCCNC(=O)N1CC2Oc3ccc(C(F)(F)F)cc3C(=O)N(C)C2C1. The van der Waals surface area contributed by atoms with E-state index in [2.05, 4.69) is 5.32 Å². The van der Waals surface area contributed by atoms with Crippen molar-refractivity contribution in [2.24, 2.45) is 0 Å². The summed E-state index contributed by atoms with van der Waals surface area (Å²) in [4.78, 5) is 27.7. The summed E-state index contributed by atoms with van der Waals surface area (Å²) in [7, 11) is 1.52. The summed E-state index contributed by atoms with van der Waals surface area (Å²) in [5.41, 5.74) is -1.01. The van der Waals surface area contributed by atoms with Gasteiger partial charge in [0.2, 0.25) is 0 Å². The van der Waals surface area contributed by atoms with Gasteiger partial charge in [-0.05, 0) is 24.6 Å². The van der Waals surface area contributed by atoms with Crippen LogP contribution in [-0.4, -0.2) is 60.6 Å². The Morgan fingerprint density at radius 2 is 2.08 bits per heavy atom. The molecule has 0 saturated carbocycles. The van der Waals surface area contributed by atoms with Gasteiger partial charge in [0.25, 0.3) is 5.91 Å². The molecule has 2 aliphatic rings. The highest BCUT2D eigenvalue weighted by Gasteiger charge is 2.44. The number of fused-ring (bicyclic) bond motifs is 2. The Hall–Kier alpha value is -2.45. The fourth-order valence-electron chi connectivity index (χ4n) is 3.23. The van der Waals surface area contributed by atoms with Crippen LogP contribution >= 0.6 is 0 Å². The summed E-state index contributed by atoms with van der Waals surface area (Å²) in [6.07, 6.45) is -4.23. The monoisotopic (exact) mass is 371 g/mol. The Morgan fingerprint density at radius 3 is 2.73 bits per heavy atom. The van der Waals surface area contributed by atoms with Crippen LogP contribution in [0.1, 0.15) is 29.3 Å². The first-order valence-corrected chi connectivity index (χ1v) is 8.40. The number of urea groups is 1. The van der Waals surface area contributed by atoms with Crippen molar-refractivity contribution in [2.75, 3.05) is 26.7 Å². The number of likely N-dealkylation sites (N-methyl/N-ethyl adjacent to an activating group) is 1. The van der Waals surface area contributed by atoms with Crippen molar-refractivity contribution in [3.63, 3.8) is 0 Å². The third kappa shape index (κ3) is 3.30. The van der Waals surface area contributed by atoms with E-state index in [-0.39, 0.29) is 30.4 Å². The zero-order valence-corrected chi connectivity index (χ0v) is 14.5. The van der Waals surface area contributed by atoms with Crippen LogP contribution in [0.25, 0.3) is 0 Å². The number of likely N-dealkylation sites (tertiary alicyclic amines) is 1. The van der Waals surface area contributed by atoms with Crippen LogP contribution in [0.2, 0.25) is 0 Å². The van der Waals surface area contributed by atoms with Crippen LogP contribution in [0.3, 0.4) is 0 Å². The fraction of sp³-hybridized carbons (Fsp3) is 0.529. The van der Waals surface area contributed by atoms with E-state index >= 15 is 0 Å². The number of nitrogens with one attached hydrogen (secondary N) is 1. The molecule has 26 heavy (non-hydrogen) atoms. The summed E-state index contributed by atoms with van der Waals surface area (Å²) >= 11 is 0. The molecule has 0 aromatic heterocycles. The van der Waals surface area contributed by atoms with Gasteiger partial charge in [-0.15, -0.1) is 0 Å². The van der Waals surface area contributed by atoms with Gasteiger partial charge in [0.1, 0.15) is 11.9 Å². The predicted molar refractivity (Wildman–Crippen MR) is 87.0 cm³/mol. The minimum Gasteiger partial charge on any atom is -0.486 e. The molecule has 2 unspecified atom stereocenters. The Bertz CT molecular complexity index is 723. The summed E-state index contributed by atoms with van der Waals surface area (Å²) in [6.45, 7) is 3.01. The molecule has 0 bridgehead atoms. The van der Waals surface area contributed by atoms with E-state index in [1.165, 1.54) is 18.0 Å². The molecular weight excluding hydrogens is 351 g/mol. The van der Waals surface area contributed by atoms with Crippen molar-refractivity contribution in [1.29, 1.82) is 0 Å². The first-order valence-electron chi connectivity index (χ1n) is 8.40. The summed E-state index contributed by atoms with van der Waals surface area (Å²) in [6, 6.07) is 2.23. The number of rotatable bonds is 2. The molecule has 1 saturated heterocycles. The average molecular weight is 371 g/mol. The predicted octanol–water partition coefficient (Wildman–Crippen LogP) is 2.34. The zero-order chi connectivity index (χ0) is 19.1. The number of carbonyl (C=O) groups excluding carboxylic acids is 2. The van der Waals surface area contributed by atoms with Gasteiger partial charge in [-0.2, -0.15) is 13.2 Å². The summed E-state index contributed by atoms with van der Waals surface area (Å²) < 4.78 is 44.6. The molecule has 1 aromatic carbocycles. The number of alkyl halides is 3. The van der Waals surface area contributed by atoms with Crippen molar-refractivity contribution >= 4 is 11.9 Å². The van der Waals surface area contributed by atoms with E-state index in [1.54, 1.807) is 4.90 Å². The molecule has 1 N–H and O–H groups in total. The van der Waals surface area contributed by atoms with Gasteiger partial charge in [0.05, 0.1) is 23.7 Å². The van der Waals surface area contributed by atoms with Crippen LogP contribution in [0, 0.1) is 0 Å². The van der Waals surface area contributed by atoms with E-state index in [0.717, 1.165) is 18.6 Å². The number of benzene rings is 1. The second-order valence-corrected chi connectivity index (χ2v) is 6.49. The lowest BCUT2D eigenvalue weighted by Crippen LogP contribution is -2.44. The number of amides is 3. The fourth-order valence-corrected chi connectivity index (χ4v) is 3.23. The molecule has 6 nitrogen and oxygen atoms in total. The lowest BCUT2D eigenvalue weighted by atomic mass is 10.1. The molecule has 0 radical (unpaired) electrons. The molecule has 0 aliphatic carbocycles. The highest BCUT2D eigenvalue weighted by molar-refractivity contribution is 5.97. The molecule has 2 aliphatic heterocycles. The lowest BCUT2D eigenvalue weighted by molar-refractivity contribution is -0.137. The van der Waals surface area contributed by atoms with Crippen molar-refractivity contribution in [1.82, 2.24) is 15.1 Å². The van der Waals surface area contributed by atoms with E-state index in [9.17, 15) is 22.8 Å². The van der Waals surface area contributed by atoms with E-state index < -0.39 is 29.8 Å². The molecule has 3 rings (SSSR count). The third-order valence-corrected chi connectivity index (χ3v) is 4.68. The summed E-state index contributed by atoms with van der Waals surface area (Å²) in [5.74, 6) is -0.437. The highest BCUT2D eigenvalue weighted by atomic mass is 19.4. The van der Waals surface area contributed by atoms with Gasteiger partial charge in [-0.3, -0.25) is 4.79 Å². The molecule has 3 amide bonds. The van der Waals surface area contributed by atoms with E-state index in [4.69, 9.17) is 4.74 Å². The van der Waals surface area contributed by atoms with Crippen LogP contribution in [0.15, 0.2) is 18.2 Å². The topological polar surface area (TPSA) is 61.9 Å². The van der Waals surface area contributed by atoms with E-state index in [0.29, 0.717) is 6.54 Å².